The highest BCUT2D eigenvalue weighted by atomic mass is 35.5. The van der Waals surface area contributed by atoms with Crippen molar-refractivity contribution in [2.75, 3.05) is 0 Å². The summed E-state index contributed by atoms with van der Waals surface area (Å²) in [7, 11) is 0. The van der Waals surface area contributed by atoms with Gasteiger partial charge in [0.25, 0.3) is 11.8 Å². The number of nitrogens with one attached hydrogen (secondary N) is 2. The van der Waals surface area contributed by atoms with E-state index in [0.29, 0.717) is 27.8 Å². The van der Waals surface area contributed by atoms with Crippen LogP contribution in [0.25, 0.3) is 22.5 Å². The minimum Gasteiger partial charge on any atom is -0.480 e. The molecule has 0 bridgehead atoms. The normalized spacial score (nSPS) is 25.0. The lowest BCUT2D eigenvalue weighted by Crippen LogP contribution is -2.70. The number of aromatic nitrogens is 2. The molecule has 0 radical (unpaired) electrons. The van der Waals surface area contributed by atoms with Crippen molar-refractivity contribution in [3.8, 4) is 22.5 Å². The Morgan fingerprint density at radius 3 is 1.58 bits per heavy atom. The molecule has 2 aromatic heterocycles. The van der Waals surface area contributed by atoms with E-state index in [0.717, 1.165) is 5.56 Å². The molecule has 4 amide bonds. The van der Waals surface area contributed by atoms with Crippen molar-refractivity contribution in [3.05, 3.63) is 82.3 Å². The molecule has 2 aromatic carbocycles. The van der Waals surface area contributed by atoms with E-state index >= 15 is 0 Å². The largest absolute Gasteiger partial charge is 0.480 e. The minimum atomic E-state index is -1.06. The minimum absolute atomic E-state index is 0.196. The molecule has 0 aliphatic carbocycles. The van der Waals surface area contributed by atoms with Crippen molar-refractivity contribution >= 4 is 70.7 Å². The average Bonchev–Trinajstić information content (AvgIpc) is 3.87. The van der Waals surface area contributed by atoms with Crippen LogP contribution in [0.5, 0.6) is 0 Å². The van der Waals surface area contributed by atoms with Gasteiger partial charge in [0.15, 0.2) is 0 Å². The first-order valence-corrected chi connectivity index (χ1v) is 19.8. The van der Waals surface area contributed by atoms with E-state index in [1.54, 1.807) is 65.8 Å². The second-order valence-electron chi connectivity index (χ2n) is 14.9. The van der Waals surface area contributed by atoms with Gasteiger partial charge in [-0.2, -0.15) is 0 Å². The van der Waals surface area contributed by atoms with Gasteiger partial charge in [-0.1, -0.05) is 70.4 Å². The number of rotatable bonds is 8. The molecule has 0 saturated carbocycles. The number of benzene rings is 2. The summed E-state index contributed by atoms with van der Waals surface area (Å²) < 4.78 is 9.11. The predicted molar refractivity (Wildman–Crippen MR) is 208 cm³/mol. The second-order valence-corrected chi connectivity index (χ2v) is 18.8. The summed E-state index contributed by atoms with van der Waals surface area (Å²) in [6, 6.07) is 12.6. The van der Waals surface area contributed by atoms with E-state index in [1.807, 2.05) is 30.3 Å². The molecular weight excluding hydrogens is 800 g/mol. The fraction of sp³-hybridized carbons (Fsp3) is 0.368. The number of thioether (sulfide) groups is 2. The van der Waals surface area contributed by atoms with Crippen LogP contribution in [0.3, 0.4) is 0 Å². The van der Waals surface area contributed by atoms with Crippen LogP contribution in [0.2, 0.25) is 5.02 Å². The first-order chi connectivity index (χ1) is 26.9. The fourth-order valence-electron chi connectivity index (χ4n) is 7.63. The predicted octanol–water partition coefficient (Wildman–Crippen LogP) is 4.44. The number of carbonyl (C=O) groups is 6. The number of β-lactam (4-membered cyclic amide) rings is 2. The van der Waals surface area contributed by atoms with E-state index in [1.165, 1.54) is 33.3 Å². The lowest BCUT2D eigenvalue weighted by Gasteiger charge is -2.43. The summed E-state index contributed by atoms with van der Waals surface area (Å²) in [6.07, 6.45) is 0. The molecule has 4 saturated heterocycles. The number of nitrogens with zero attached hydrogens (tertiary/aromatic N) is 4. The van der Waals surface area contributed by atoms with Gasteiger partial charge in [-0.25, -0.2) is 9.59 Å². The van der Waals surface area contributed by atoms with E-state index in [2.05, 4.69) is 20.9 Å². The Morgan fingerprint density at radius 1 is 0.702 bits per heavy atom. The zero-order chi connectivity index (χ0) is 41.3. The molecule has 8 rings (SSSR count). The molecule has 4 fully saturated rings. The van der Waals surface area contributed by atoms with Gasteiger partial charge in [-0.05, 0) is 47.6 Å². The number of hydrogen-bond donors (Lipinski definition) is 4. The van der Waals surface area contributed by atoms with Crippen molar-refractivity contribution in [2.24, 2.45) is 0 Å². The van der Waals surface area contributed by atoms with Crippen LogP contribution in [-0.4, -0.2) is 110 Å². The molecule has 6 atom stereocenters. The highest BCUT2D eigenvalue weighted by molar-refractivity contribution is 8.02. The number of amides is 4. The molecule has 6 heterocycles. The first kappa shape index (κ1) is 39.9. The summed E-state index contributed by atoms with van der Waals surface area (Å²) >= 11 is 8.97. The molecule has 298 valence electrons. The lowest BCUT2D eigenvalue weighted by atomic mass is 9.95. The smallest absolute Gasteiger partial charge is 0.327 e. The fourth-order valence-corrected chi connectivity index (χ4v) is 11.1. The van der Waals surface area contributed by atoms with E-state index in [-0.39, 0.29) is 22.7 Å². The first-order valence-electron chi connectivity index (χ1n) is 17.7. The maximum absolute atomic E-state index is 13.0. The van der Waals surface area contributed by atoms with Gasteiger partial charge >= 0.3 is 11.9 Å². The second kappa shape index (κ2) is 14.6. The van der Waals surface area contributed by atoms with Gasteiger partial charge in [-0.15, -0.1) is 23.5 Å². The Labute approximate surface area is 339 Å². The third kappa shape index (κ3) is 6.72. The molecule has 57 heavy (non-hydrogen) atoms. The number of aliphatic carboxylic acids is 2. The van der Waals surface area contributed by atoms with Crippen molar-refractivity contribution in [1.29, 1.82) is 0 Å². The lowest BCUT2D eigenvalue weighted by molar-refractivity contribution is -0.159. The zero-order valence-electron chi connectivity index (χ0n) is 31.3. The third-order valence-corrected chi connectivity index (χ3v) is 13.8. The van der Waals surface area contributed by atoms with Crippen LogP contribution in [0.15, 0.2) is 63.6 Å². The Balaban J connectivity index is 0.000000174. The number of carboxylic acids is 2. The van der Waals surface area contributed by atoms with Gasteiger partial charge in [0, 0.05) is 20.6 Å². The maximum Gasteiger partial charge on any atom is 0.327 e. The Kier molecular flexibility index (Phi) is 10.2. The van der Waals surface area contributed by atoms with Crippen LogP contribution in [-0.2, 0) is 19.2 Å². The molecule has 4 N–H and O–H groups in total. The highest BCUT2D eigenvalue weighted by Crippen LogP contribution is 2.52. The molecular formula is C38H37ClN6O10S2. The average molecular weight is 837 g/mol. The van der Waals surface area contributed by atoms with Gasteiger partial charge in [0.05, 0.1) is 5.02 Å². The van der Waals surface area contributed by atoms with Gasteiger partial charge in [-0.3, -0.25) is 19.2 Å². The SMILES string of the molecule is Cc1onc(-c2ccccc2)c1C(=O)N[C@@H]1C(=O)N2[C@@H]1SC(C)(C)[C@@H]2C(=O)O.Cc1onc(-c2ccccc2Cl)c1C(=O)N[C@@H]1C(=O)N2[C@@H]1SC(C)(C)[C@@H]2C(=O)O. The quantitative estimate of drug-likeness (QED) is 0.180. The van der Waals surface area contributed by atoms with E-state index < -0.39 is 74.1 Å². The number of halogens is 1. The number of hydrogen-bond acceptors (Lipinski definition) is 12. The Morgan fingerprint density at radius 2 is 1.12 bits per heavy atom. The molecule has 4 aromatic rings. The van der Waals surface area contributed by atoms with Crippen molar-refractivity contribution in [2.45, 2.75) is 86.0 Å². The number of carboxylic acid groups (broad SMARTS) is 2. The van der Waals surface area contributed by atoms with Crippen LogP contribution < -0.4 is 10.6 Å². The summed E-state index contributed by atoms with van der Waals surface area (Å²) in [5, 5.41) is 32.0. The Hall–Kier alpha value is -5.33. The van der Waals surface area contributed by atoms with Crippen LogP contribution >= 0.6 is 35.1 Å². The molecule has 16 nitrogen and oxygen atoms in total. The topological polar surface area (TPSA) is 225 Å². The standard InChI is InChI=1S/C19H18ClN3O5S.C19H19N3O5S/c1-8-11(12(22-28-8)9-6-4-5-7-10(9)20)15(24)21-13-16(25)23-14(18(26)27)19(2,3)29-17(13)23;1-9-11(12(21-27-9)10-7-5-4-6-8-10)15(23)20-13-16(24)22-14(18(25)26)19(2,3)28-17(13)22/h4-7,13-14,17H,1-3H3,(H,21,24)(H,26,27);4-8,13-14,17H,1-3H3,(H,20,23)(H,25,26)/t2*13-,14+,17-/m11/s1. The maximum atomic E-state index is 13.0. The molecule has 4 aliphatic heterocycles. The molecule has 0 spiro atoms. The van der Waals surface area contributed by atoms with Gasteiger partial charge < -0.3 is 39.7 Å². The van der Waals surface area contributed by atoms with Crippen molar-refractivity contribution in [3.63, 3.8) is 0 Å². The summed E-state index contributed by atoms with van der Waals surface area (Å²) in [5.74, 6) is -3.24. The van der Waals surface area contributed by atoms with Crippen molar-refractivity contribution in [1.82, 2.24) is 30.7 Å². The van der Waals surface area contributed by atoms with Crippen molar-refractivity contribution < 1.29 is 48.0 Å². The molecule has 4 aliphatic rings. The number of fused-ring (bicyclic) bond motifs is 2. The monoisotopic (exact) mass is 836 g/mol. The van der Waals surface area contributed by atoms with E-state index in [9.17, 15) is 39.0 Å². The van der Waals surface area contributed by atoms with Crippen LogP contribution in [0.4, 0.5) is 0 Å². The molecule has 19 heteroatoms. The number of aryl methyl sites for hydroxylation is 2. The van der Waals surface area contributed by atoms with E-state index in [4.69, 9.17) is 20.6 Å². The van der Waals surface area contributed by atoms with Gasteiger partial charge in [0.1, 0.15) is 69.0 Å². The summed E-state index contributed by atoms with van der Waals surface area (Å²) in [4.78, 5) is 77.0. The molecule has 0 unspecified atom stereocenters. The summed E-state index contributed by atoms with van der Waals surface area (Å²) in [6.45, 7) is 10.4. The highest BCUT2D eigenvalue weighted by Gasteiger charge is 2.65. The summed E-state index contributed by atoms with van der Waals surface area (Å²) in [5.41, 5.74) is 2.43. The third-order valence-electron chi connectivity index (χ3n) is 10.3. The van der Waals surface area contributed by atoms with Gasteiger partial charge in [0.2, 0.25) is 11.8 Å². The Bertz CT molecular complexity index is 2330. The number of carbonyl (C=O) groups excluding carboxylic acids is 4. The van der Waals surface area contributed by atoms with Crippen LogP contribution in [0, 0.1) is 13.8 Å². The zero-order valence-corrected chi connectivity index (χ0v) is 33.7. The van der Waals surface area contributed by atoms with Crippen LogP contribution in [0.1, 0.15) is 59.9 Å².